The minimum absolute atomic E-state index is 0.192. The Balaban J connectivity index is 1.85. The minimum Gasteiger partial charge on any atom is -0.492 e. The molecule has 5 heteroatoms. The number of rotatable bonds is 5. The Kier molecular flexibility index (Phi) is 5.13. The van der Waals surface area contributed by atoms with Crippen LogP contribution in [0.15, 0.2) is 24.3 Å². The molecule has 0 aromatic heterocycles. The van der Waals surface area contributed by atoms with E-state index >= 15 is 0 Å². The highest BCUT2D eigenvalue weighted by Crippen LogP contribution is 2.13. The van der Waals surface area contributed by atoms with Gasteiger partial charge in [-0.2, -0.15) is 0 Å². The molecule has 0 bridgehead atoms. The van der Waals surface area contributed by atoms with Crippen LogP contribution in [-0.4, -0.2) is 62.2 Å². The van der Waals surface area contributed by atoms with Gasteiger partial charge in [0.15, 0.2) is 0 Å². The van der Waals surface area contributed by atoms with Crippen molar-refractivity contribution in [2.24, 2.45) is 5.73 Å². The maximum atomic E-state index is 13.1. The lowest BCUT2D eigenvalue weighted by Gasteiger charge is -2.37. The van der Waals surface area contributed by atoms with E-state index in [1.165, 1.54) is 12.1 Å². The molecule has 1 aliphatic heterocycles. The lowest BCUT2D eigenvalue weighted by Crippen LogP contribution is -2.53. The fourth-order valence-electron chi connectivity index (χ4n) is 2.26. The quantitative estimate of drug-likeness (QED) is 0.856. The van der Waals surface area contributed by atoms with Gasteiger partial charge in [-0.25, -0.2) is 4.39 Å². The van der Waals surface area contributed by atoms with Crippen molar-refractivity contribution in [2.75, 3.05) is 46.4 Å². The number of hydrogen-bond acceptors (Lipinski definition) is 4. The van der Waals surface area contributed by atoms with Crippen LogP contribution in [0.25, 0.3) is 0 Å². The summed E-state index contributed by atoms with van der Waals surface area (Å²) < 4.78 is 18.7. The Hall–Kier alpha value is -1.17. The van der Waals surface area contributed by atoms with Crippen molar-refractivity contribution in [2.45, 2.75) is 6.04 Å². The van der Waals surface area contributed by atoms with Gasteiger partial charge in [0.05, 0.1) is 6.04 Å². The summed E-state index contributed by atoms with van der Waals surface area (Å²) in [6, 6.07) is 6.42. The van der Waals surface area contributed by atoms with Gasteiger partial charge in [-0.3, -0.25) is 4.90 Å². The molecular weight excluding hydrogens is 245 g/mol. The predicted molar refractivity (Wildman–Crippen MR) is 73.8 cm³/mol. The Bertz CT molecular complexity index is 394. The Labute approximate surface area is 113 Å². The molecule has 1 fully saturated rings. The number of piperazine rings is 1. The molecule has 4 nitrogen and oxygen atoms in total. The third kappa shape index (κ3) is 4.16. The Morgan fingerprint density at radius 3 is 2.68 bits per heavy atom. The molecule has 0 radical (unpaired) electrons. The molecule has 0 amide bonds. The second kappa shape index (κ2) is 6.84. The molecule has 1 heterocycles. The normalized spacial score (nSPS) is 19.3. The van der Waals surface area contributed by atoms with Crippen LogP contribution in [0.3, 0.4) is 0 Å². The van der Waals surface area contributed by atoms with E-state index in [-0.39, 0.29) is 11.9 Å². The first-order valence-electron chi connectivity index (χ1n) is 6.70. The van der Waals surface area contributed by atoms with Crippen LogP contribution in [0, 0.1) is 5.82 Å². The van der Waals surface area contributed by atoms with E-state index < -0.39 is 0 Å². The van der Waals surface area contributed by atoms with E-state index in [0.29, 0.717) is 18.9 Å². The molecule has 1 aromatic rings. The van der Waals surface area contributed by atoms with Gasteiger partial charge in [-0.05, 0) is 19.2 Å². The highest BCUT2D eigenvalue weighted by Gasteiger charge is 2.21. The van der Waals surface area contributed by atoms with Crippen LogP contribution in [-0.2, 0) is 0 Å². The maximum absolute atomic E-state index is 13.1. The predicted octanol–water partition coefficient (Wildman–Crippen LogP) is 0.779. The monoisotopic (exact) mass is 267 g/mol. The molecular formula is C14H22FN3O. The molecule has 1 unspecified atom stereocenters. The van der Waals surface area contributed by atoms with Crippen molar-refractivity contribution in [1.29, 1.82) is 0 Å². The molecule has 2 N–H and O–H groups in total. The van der Waals surface area contributed by atoms with E-state index in [1.807, 2.05) is 0 Å². The third-order valence-electron chi connectivity index (χ3n) is 3.56. The van der Waals surface area contributed by atoms with E-state index in [9.17, 15) is 4.39 Å². The van der Waals surface area contributed by atoms with E-state index in [0.717, 1.165) is 26.2 Å². The van der Waals surface area contributed by atoms with Crippen molar-refractivity contribution in [3.05, 3.63) is 30.1 Å². The van der Waals surface area contributed by atoms with Crippen molar-refractivity contribution >= 4 is 0 Å². The first-order valence-corrected chi connectivity index (χ1v) is 6.70. The zero-order chi connectivity index (χ0) is 13.7. The van der Waals surface area contributed by atoms with Gasteiger partial charge in [0.2, 0.25) is 0 Å². The van der Waals surface area contributed by atoms with Gasteiger partial charge in [0, 0.05) is 38.8 Å². The molecule has 0 spiro atoms. The zero-order valence-corrected chi connectivity index (χ0v) is 11.4. The van der Waals surface area contributed by atoms with Crippen molar-refractivity contribution < 1.29 is 9.13 Å². The number of likely N-dealkylation sites (N-methyl/N-ethyl adjacent to an activating group) is 1. The molecule has 19 heavy (non-hydrogen) atoms. The summed E-state index contributed by atoms with van der Waals surface area (Å²) in [5.41, 5.74) is 5.82. The summed E-state index contributed by atoms with van der Waals surface area (Å²) >= 11 is 0. The topological polar surface area (TPSA) is 41.7 Å². The standard InChI is InChI=1S/C14H22FN3O/c1-17-5-7-18(8-6-17)13(10-16)11-19-14-4-2-3-12(15)9-14/h2-4,9,13H,5-8,10-11,16H2,1H3. The average molecular weight is 267 g/mol. The van der Waals surface area contributed by atoms with E-state index in [4.69, 9.17) is 10.5 Å². The Morgan fingerprint density at radius 2 is 2.05 bits per heavy atom. The zero-order valence-electron chi connectivity index (χ0n) is 11.4. The molecule has 106 valence electrons. The van der Waals surface area contributed by atoms with Gasteiger partial charge in [0.25, 0.3) is 0 Å². The summed E-state index contributed by atoms with van der Waals surface area (Å²) in [4.78, 5) is 4.65. The molecule has 2 rings (SSSR count). The highest BCUT2D eigenvalue weighted by molar-refractivity contribution is 5.22. The van der Waals surface area contributed by atoms with Gasteiger partial charge >= 0.3 is 0 Å². The van der Waals surface area contributed by atoms with Crippen LogP contribution < -0.4 is 10.5 Å². The first kappa shape index (κ1) is 14.2. The van der Waals surface area contributed by atoms with E-state index in [2.05, 4.69) is 16.8 Å². The van der Waals surface area contributed by atoms with Gasteiger partial charge in [0.1, 0.15) is 18.2 Å². The number of halogens is 1. The van der Waals surface area contributed by atoms with Crippen LogP contribution in [0.4, 0.5) is 4.39 Å². The fraction of sp³-hybridized carbons (Fsp3) is 0.571. The van der Waals surface area contributed by atoms with Crippen molar-refractivity contribution in [3.8, 4) is 5.75 Å². The summed E-state index contributed by atoms with van der Waals surface area (Å²) in [5.74, 6) is 0.286. The van der Waals surface area contributed by atoms with Crippen molar-refractivity contribution in [1.82, 2.24) is 9.80 Å². The number of hydrogen-bond donors (Lipinski definition) is 1. The second-order valence-electron chi connectivity index (χ2n) is 5.00. The van der Waals surface area contributed by atoms with E-state index in [1.54, 1.807) is 12.1 Å². The summed E-state index contributed by atoms with van der Waals surface area (Å²) in [6.45, 7) is 5.17. The highest BCUT2D eigenvalue weighted by atomic mass is 19.1. The maximum Gasteiger partial charge on any atom is 0.126 e. The Morgan fingerprint density at radius 1 is 1.32 bits per heavy atom. The van der Waals surface area contributed by atoms with Gasteiger partial charge < -0.3 is 15.4 Å². The summed E-state index contributed by atoms with van der Waals surface area (Å²) in [5, 5.41) is 0. The third-order valence-corrected chi connectivity index (χ3v) is 3.56. The van der Waals surface area contributed by atoms with Crippen LogP contribution >= 0.6 is 0 Å². The fourth-order valence-corrected chi connectivity index (χ4v) is 2.26. The second-order valence-corrected chi connectivity index (χ2v) is 5.00. The molecule has 0 saturated carbocycles. The first-order chi connectivity index (χ1) is 9.19. The van der Waals surface area contributed by atoms with Crippen molar-refractivity contribution in [3.63, 3.8) is 0 Å². The van der Waals surface area contributed by atoms with Gasteiger partial charge in [-0.15, -0.1) is 0 Å². The lowest BCUT2D eigenvalue weighted by molar-refractivity contribution is 0.0855. The van der Waals surface area contributed by atoms with Crippen LogP contribution in [0.5, 0.6) is 5.75 Å². The SMILES string of the molecule is CN1CCN(C(CN)COc2cccc(F)c2)CC1. The largest absolute Gasteiger partial charge is 0.492 e. The number of ether oxygens (including phenoxy) is 1. The summed E-state index contributed by atoms with van der Waals surface area (Å²) in [7, 11) is 2.12. The summed E-state index contributed by atoms with van der Waals surface area (Å²) in [6.07, 6.45) is 0. The molecule has 1 saturated heterocycles. The lowest BCUT2D eigenvalue weighted by atomic mass is 10.2. The minimum atomic E-state index is -0.276. The molecule has 1 aliphatic rings. The molecule has 1 aromatic carbocycles. The molecule has 0 aliphatic carbocycles. The van der Waals surface area contributed by atoms with Crippen LogP contribution in [0.1, 0.15) is 0 Å². The molecule has 1 atom stereocenters. The number of nitrogens with two attached hydrogens (primary N) is 1. The number of benzene rings is 1. The smallest absolute Gasteiger partial charge is 0.126 e. The number of nitrogens with zero attached hydrogens (tertiary/aromatic N) is 2. The average Bonchev–Trinajstić information content (AvgIpc) is 2.41. The van der Waals surface area contributed by atoms with Gasteiger partial charge in [-0.1, -0.05) is 6.07 Å². The van der Waals surface area contributed by atoms with Crippen LogP contribution in [0.2, 0.25) is 0 Å².